The number of methoxy groups -OCH3 is 1. The summed E-state index contributed by atoms with van der Waals surface area (Å²) in [6.45, 7) is 6.97. The minimum absolute atomic E-state index is 0.221. The van der Waals surface area contributed by atoms with Crippen LogP contribution in [-0.4, -0.2) is 29.6 Å². The Labute approximate surface area is 125 Å². The maximum atomic E-state index is 5.96. The van der Waals surface area contributed by atoms with Crippen molar-refractivity contribution >= 4 is 17.2 Å². The SMILES string of the molecule is COCCC(C)(C)CNCc1cn2cc(Cl)ccc2n1. The first-order valence-corrected chi connectivity index (χ1v) is 7.21. The monoisotopic (exact) mass is 295 g/mol. The number of ether oxygens (including phenoxy) is 1. The van der Waals surface area contributed by atoms with E-state index in [1.54, 1.807) is 7.11 Å². The molecule has 0 amide bonds. The van der Waals surface area contributed by atoms with E-state index in [0.29, 0.717) is 0 Å². The molecule has 1 N–H and O–H groups in total. The summed E-state index contributed by atoms with van der Waals surface area (Å²) in [7, 11) is 1.74. The summed E-state index contributed by atoms with van der Waals surface area (Å²) in [5, 5.41) is 4.18. The van der Waals surface area contributed by atoms with Crippen LogP contribution < -0.4 is 5.32 Å². The number of imidazole rings is 1. The van der Waals surface area contributed by atoms with Gasteiger partial charge in [0.1, 0.15) is 5.65 Å². The first-order valence-electron chi connectivity index (χ1n) is 6.83. The molecule has 0 aliphatic heterocycles. The molecular weight excluding hydrogens is 274 g/mol. The molecule has 2 heterocycles. The summed E-state index contributed by atoms with van der Waals surface area (Å²) in [4.78, 5) is 4.55. The average molecular weight is 296 g/mol. The Kier molecular flexibility index (Phi) is 5.02. The lowest BCUT2D eigenvalue weighted by Crippen LogP contribution is -2.30. The van der Waals surface area contributed by atoms with Gasteiger partial charge in [-0.3, -0.25) is 0 Å². The van der Waals surface area contributed by atoms with Crippen LogP contribution in [0.15, 0.2) is 24.5 Å². The first kappa shape index (κ1) is 15.3. The number of halogens is 1. The summed E-state index contributed by atoms with van der Waals surface area (Å²) >= 11 is 5.96. The van der Waals surface area contributed by atoms with Crippen LogP contribution in [0.1, 0.15) is 26.0 Å². The molecule has 4 nitrogen and oxygen atoms in total. The normalized spacial score (nSPS) is 12.2. The van der Waals surface area contributed by atoms with Gasteiger partial charge in [-0.1, -0.05) is 25.4 Å². The fraction of sp³-hybridized carbons (Fsp3) is 0.533. The molecule has 0 fully saturated rings. The van der Waals surface area contributed by atoms with Crippen LogP contribution in [0.3, 0.4) is 0 Å². The van der Waals surface area contributed by atoms with Gasteiger partial charge in [0.2, 0.25) is 0 Å². The predicted octanol–water partition coefficient (Wildman–Crippen LogP) is 3.14. The second kappa shape index (κ2) is 6.57. The Hall–Kier alpha value is -1.10. The molecule has 2 rings (SSSR count). The molecule has 0 radical (unpaired) electrons. The highest BCUT2D eigenvalue weighted by molar-refractivity contribution is 6.30. The molecule has 0 aliphatic carbocycles. The van der Waals surface area contributed by atoms with E-state index in [2.05, 4.69) is 24.1 Å². The Balaban J connectivity index is 1.89. The number of aromatic nitrogens is 2. The fourth-order valence-corrected chi connectivity index (χ4v) is 2.27. The van der Waals surface area contributed by atoms with Crippen molar-refractivity contribution in [2.45, 2.75) is 26.8 Å². The van der Waals surface area contributed by atoms with Crippen LogP contribution in [0, 0.1) is 5.41 Å². The molecule has 110 valence electrons. The van der Waals surface area contributed by atoms with Gasteiger partial charge in [-0.05, 0) is 24.0 Å². The number of rotatable bonds is 7. The van der Waals surface area contributed by atoms with Crippen molar-refractivity contribution in [2.75, 3.05) is 20.3 Å². The Morgan fingerprint density at radius 1 is 1.35 bits per heavy atom. The Bertz CT molecular complexity index is 565. The number of nitrogens with one attached hydrogen (secondary N) is 1. The van der Waals surface area contributed by atoms with Gasteiger partial charge < -0.3 is 14.5 Å². The van der Waals surface area contributed by atoms with E-state index in [4.69, 9.17) is 16.3 Å². The highest BCUT2D eigenvalue weighted by Gasteiger charge is 2.17. The molecule has 0 aliphatic rings. The van der Waals surface area contributed by atoms with Gasteiger partial charge in [0.25, 0.3) is 0 Å². The number of pyridine rings is 1. The zero-order chi connectivity index (χ0) is 14.6. The maximum Gasteiger partial charge on any atom is 0.137 e. The largest absolute Gasteiger partial charge is 0.385 e. The number of nitrogens with zero attached hydrogens (tertiary/aromatic N) is 2. The smallest absolute Gasteiger partial charge is 0.137 e. The molecule has 0 saturated heterocycles. The molecule has 0 saturated carbocycles. The number of fused-ring (bicyclic) bond motifs is 1. The van der Waals surface area contributed by atoms with Crippen molar-refractivity contribution in [3.8, 4) is 0 Å². The Morgan fingerprint density at radius 2 is 2.15 bits per heavy atom. The van der Waals surface area contributed by atoms with Crippen LogP contribution in [0.2, 0.25) is 5.02 Å². The second-order valence-corrected chi connectivity index (χ2v) is 6.29. The summed E-state index contributed by atoms with van der Waals surface area (Å²) in [6.07, 6.45) is 4.92. The lowest BCUT2D eigenvalue weighted by atomic mass is 9.90. The first-order chi connectivity index (χ1) is 9.50. The van der Waals surface area contributed by atoms with Crippen LogP contribution in [-0.2, 0) is 11.3 Å². The third kappa shape index (κ3) is 4.20. The standard InChI is InChI=1S/C15H22ClN3O/c1-15(2,6-7-20-3)11-17-8-13-10-19-9-12(16)4-5-14(19)18-13/h4-5,9-10,17H,6-8,11H2,1-3H3. The van der Waals surface area contributed by atoms with Crippen molar-refractivity contribution in [3.05, 3.63) is 35.2 Å². The molecule has 0 unspecified atom stereocenters. The van der Waals surface area contributed by atoms with Crippen LogP contribution in [0.5, 0.6) is 0 Å². The van der Waals surface area contributed by atoms with E-state index in [1.807, 2.05) is 28.9 Å². The van der Waals surface area contributed by atoms with Crippen LogP contribution in [0.25, 0.3) is 5.65 Å². The van der Waals surface area contributed by atoms with Gasteiger partial charge in [-0.25, -0.2) is 4.98 Å². The van der Waals surface area contributed by atoms with E-state index < -0.39 is 0 Å². The molecule has 2 aromatic rings. The van der Waals surface area contributed by atoms with Crippen molar-refractivity contribution in [3.63, 3.8) is 0 Å². The number of hydrogen-bond acceptors (Lipinski definition) is 3. The van der Waals surface area contributed by atoms with Crippen LogP contribution in [0.4, 0.5) is 0 Å². The van der Waals surface area contributed by atoms with Gasteiger partial charge in [0.05, 0.1) is 10.7 Å². The lowest BCUT2D eigenvalue weighted by Gasteiger charge is -2.24. The molecule has 0 aromatic carbocycles. The maximum absolute atomic E-state index is 5.96. The summed E-state index contributed by atoms with van der Waals surface area (Å²) in [5.41, 5.74) is 2.16. The predicted molar refractivity (Wildman–Crippen MR) is 82.2 cm³/mol. The topological polar surface area (TPSA) is 38.6 Å². The van der Waals surface area contributed by atoms with E-state index in [-0.39, 0.29) is 5.41 Å². The highest BCUT2D eigenvalue weighted by atomic mass is 35.5. The minimum Gasteiger partial charge on any atom is -0.385 e. The fourth-order valence-electron chi connectivity index (χ4n) is 2.10. The Morgan fingerprint density at radius 3 is 2.90 bits per heavy atom. The van der Waals surface area contributed by atoms with Gasteiger partial charge in [-0.2, -0.15) is 0 Å². The molecule has 0 atom stereocenters. The lowest BCUT2D eigenvalue weighted by molar-refractivity contribution is 0.150. The van der Waals surface area contributed by atoms with E-state index in [9.17, 15) is 0 Å². The summed E-state index contributed by atoms with van der Waals surface area (Å²) in [6, 6.07) is 3.78. The van der Waals surface area contributed by atoms with Crippen molar-refractivity contribution in [2.24, 2.45) is 5.41 Å². The van der Waals surface area contributed by atoms with E-state index in [1.165, 1.54) is 0 Å². The minimum atomic E-state index is 0.221. The third-order valence-electron chi connectivity index (χ3n) is 3.36. The zero-order valence-electron chi connectivity index (χ0n) is 12.3. The molecule has 20 heavy (non-hydrogen) atoms. The van der Waals surface area contributed by atoms with Gasteiger partial charge in [-0.15, -0.1) is 0 Å². The van der Waals surface area contributed by atoms with Crippen LogP contribution >= 0.6 is 11.6 Å². The summed E-state index contributed by atoms with van der Waals surface area (Å²) in [5.74, 6) is 0. The second-order valence-electron chi connectivity index (χ2n) is 5.86. The third-order valence-corrected chi connectivity index (χ3v) is 3.58. The van der Waals surface area contributed by atoms with Crippen molar-refractivity contribution in [1.29, 1.82) is 0 Å². The molecule has 2 aromatic heterocycles. The van der Waals surface area contributed by atoms with E-state index in [0.717, 1.165) is 42.5 Å². The van der Waals surface area contributed by atoms with Crippen molar-refractivity contribution < 1.29 is 4.74 Å². The van der Waals surface area contributed by atoms with E-state index >= 15 is 0 Å². The molecular formula is C15H22ClN3O. The van der Waals surface area contributed by atoms with Gasteiger partial charge >= 0.3 is 0 Å². The zero-order valence-corrected chi connectivity index (χ0v) is 13.1. The molecule has 0 spiro atoms. The van der Waals surface area contributed by atoms with Crippen molar-refractivity contribution in [1.82, 2.24) is 14.7 Å². The number of hydrogen-bond donors (Lipinski definition) is 1. The molecule has 5 heteroatoms. The van der Waals surface area contributed by atoms with Gasteiger partial charge in [0, 0.05) is 39.2 Å². The average Bonchev–Trinajstić information content (AvgIpc) is 2.78. The summed E-state index contributed by atoms with van der Waals surface area (Å²) < 4.78 is 7.09. The van der Waals surface area contributed by atoms with Gasteiger partial charge in [0.15, 0.2) is 0 Å². The molecule has 0 bridgehead atoms. The highest BCUT2D eigenvalue weighted by Crippen LogP contribution is 2.19. The quantitative estimate of drug-likeness (QED) is 0.853.